The molecule has 0 aliphatic heterocycles. The maximum Gasteiger partial charge on any atom is 0.325 e. The third-order valence-electron chi connectivity index (χ3n) is 2.39. The standard InChI is InChI=1S/C11H16ClN3O2/c1-15(13)7-9(6-11(16)17-14)8-2-4-10(12)5-3-8/h2-5,9H,6-7,13-14H2,1H3. The Kier molecular flexibility index (Phi) is 5.37. The van der Waals surface area contributed by atoms with E-state index in [-0.39, 0.29) is 12.3 Å². The summed E-state index contributed by atoms with van der Waals surface area (Å²) in [6.07, 6.45) is 0.180. The molecule has 94 valence electrons. The molecule has 0 aliphatic rings. The highest BCUT2D eigenvalue weighted by atomic mass is 35.5. The molecule has 1 aromatic carbocycles. The normalized spacial score (nSPS) is 12.5. The molecule has 0 aromatic heterocycles. The maximum absolute atomic E-state index is 11.2. The summed E-state index contributed by atoms with van der Waals surface area (Å²) in [5, 5.41) is 2.17. The number of carbonyl (C=O) groups excluding carboxylic acids is 1. The molecular formula is C11H16ClN3O2. The van der Waals surface area contributed by atoms with Gasteiger partial charge in [-0.25, -0.2) is 5.01 Å². The molecule has 0 saturated heterocycles. The van der Waals surface area contributed by atoms with Gasteiger partial charge in [-0.05, 0) is 17.7 Å². The first-order valence-corrected chi connectivity index (χ1v) is 5.51. The molecule has 0 spiro atoms. The lowest BCUT2D eigenvalue weighted by Crippen LogP contribution is -2.32. The van der Waals surface area contributed by atoms with Crippen LogP contribution in [0.2, 0.25) is 5.02 Å². The van der Waals surface area contributed by atoms with Crippen molar-refractivity contribution >= 4 is 17.6 Å². The van der Waals surface area contributed by atoms with Crippen molar-refractivity contribution in [2.24, 2.45) is 11.7 Å². The molecule has 0 saturated carbocycles. The average Bonchev–Trinajstić information content (AvgIpc) is 2.28. The number of hydrazine groups is 1. The van der Waals surface area contributed by atoms with Crippen molar-refractivity contribution in [3.05, 3.63) is 34.9 Å². The van der Waals surface area contributed by atoms with Crippen LogP contribution < -0.4 is 11.7 Å². The number of likely N-dealkylation sites (N-methyl/N-ethyl adjacent to an activating group) is 1. The minimum atomic E-state index is -0.466. The van der Waals surface area contributed by atoms with Crippen LogP contribution in [0.15, 0.2) is 24.3 Å². The van der Waals surface area contributed by atoms with Crippen LogP contribution in [0, 0.1) is 0 Å². The summed E-state index contributed by atoms with van der Waals surface area (Å²) in [7, 11) is 1.73. The Morgan fingerprint density at radius 2 is 2.06 bits per heavy atom. The maximum atomic E-state index is 11.2. The van der Waals surface area contributed by atoms with Gasteiger partial charge in [-0.1, -0.05) is 23.7 Å². The first-order valence-electron chi connectivity index (χ1n) is 5.13. The van der Waals surface area contributed by atoms with Gasteiger partial charge in [0.15, 0.2) is 0 Å². The van der Waals surface area contributed by atoms with Gasteiger partial charge in [0.1, 0.15) is 0 Å². The summed E-state index contributed by atoms with van der Waals surface area (Å²) >= 11 is 5.81. The van der Waals surface area contributed by atoms with Crippen LogP contribution in [0.1, 0.15) is 17.9 Å². The van der Waals surface area contributed by atoms with E-state index in [1.54, 1.807) is 19.2 Å². The van der Waals surface area contributed by atoms with Crippen LogP contribution in [-0.2, 0) is 9.63 Å². The average molecular weight is 258 g/mol. The van der Waals surface area contributed by atoms with Crippen LogP contribution in [0.5, 0.6) is 0 Å². The third kappa shape index (κ3) is 4.70. The van der Waals surface area contributed by atoms with Gasteiger partial charge in [0, 0.05) is 24.5 Å². The summed E-state index contributed by atoms with van der Waals surface area (Å²) in [6, 6.07) is 7.27. The van der Waals surface area contributed by atoms with Gasteiger partial charge in [-0.2, -0.15) is 5.90 Å². The predicted molar refractivity (Wildman–Crippen MR) is 65.9 cm³/mol. The molecule has 1 rings (SSSR count). The number of nitrogens with zero attached hydrogens (tertiary/aromatic N) is 1. The fraction of sp³-hybridized carbons (Fsp3) is 0.364. The van der Waals surface area contributed by atoms with Crippen LogP contribution in [0.4, 0.5) is 0 Å². The van der Waals surface area contributed by atoms with Gasteiger partial charge >= 0.3 is 5.97 Å². The molecule has 0 heterocycles. The van der Waals surface area contributed by atoms with Gasteiger partial charge < -0.3 is 4.84 Å². The monoisotopic (exact) mass is 257 g/mol. The zero-order chi connectivity index (χ0) is 12.8. The molecule has 1 atom stereocenters. The lowest BCUT2D eigenvalue weighted by Gasteiger charge is -2.20. The number of nitrogens with two attached hydrogens (primary N) is 2. The van der Waals surface area contributed by atoms with Crippen molar-refractivity contribution in [2.45, 2.75) is 12.3 Å². The fourth-order valence-electron chi connectivity index (χ4n) is 1.62. The molecule has 0 fully saturated rings. The first kappa shape index (κ1) is 13.9. The largest absolute Gasteiger partial charge is 0.373 e. The van der Waals surface area contributed by atoms with E-state index < -0.39 is 5.97 Å². The SMILES string of the molecule is CN(N)CC(CC(=O)ON)c1ccc(Cl)cc1. The second kappa shape index (κ2) is 6.56. The number of hydrogen-bond acceptors (Lipinski definition) is 5. The second-order valence-corrected chi connectivity index (χ2v) is 4.32. The van der Waals surface area contributed by atoms with Crippen molar-refractivity contribution in [3.63, 3.8) is 0 Å². The summed E-state index contributed by atoms with van der Waals surface area (Å²) in [6.45, 7) is 0.525. The van der Waals surface area contributed by atoms with Crippen molar-refractivity contribution < 1.29 is 9.63 Å². The lowest BCUT2D eigenvalue weighted by atomic mass is 9.95. The Morgan fingerprint density at radius 3 is 2.53 bits per heavy atom. The molecule has 4 N–H and O–H groups in total. The van der Waals surface area contributed by atoms with Crippen molar-refractivity contribution in [2.75, 3.05) is 13.6 Å². The van der Waals surface area contributed by atoms with Gasteiger partial charge in [0.05, 0.1) is 6.42 Å². The summed E-state index contributed by atoms with van der Waals surface area (Å²) in [5.41, 5.74) is 0.970. The number of benzene rings is 1. The Morgan fingerprint density at radius 1 is 1.47 bits per heavy atom. The van der Waals surface area contributed by atoms with E-state index in [0.717, 1.165) is 5.56 Å². The summed E-state index contributed by atoms with van der Waals surface area (Å²) in [5.74, 6) is 9.90. The number of rotatable bonds is 5. The highest BCUT2D eigenvalue weighted by Gasteiger charge is 2.17. The highest BCUT2D eigenvalue weighted by molar-refractivity contribution is 6.30. The Balaban J connectivity index is 2.81. The Bertz CT molecular complexity index is 367. The van der Waals surface area contributed by atoms with Crippen LogP contribution in [-0.4, -0.2) is 24.6 Å². The van der Waals surface area contributed by atoms with E-state index in [2.05, 4.69) is 4.84 Å². The molecule has 5 nitrogen and oxygen atoms in total. The first-order chi connectivity index (χ1) is 8.02. The van der Waals surface area contributed by atoms with Crippen LogP contribution in [0.3, 0.4) is 0 Å². The molecule has 17 heavy (non-hydrogen) atoms. The zero-order valence-corrected chi connectivity index (χ0v) is 10.4. The molecule has 6 heteroatoms. The molecule has 0 bridgehead atoms. The Hall–Kier alpha value is -1.14. The molecule has 0 aliphatic carbocycles. The van der Waals surface area contributed by atoms with Gasteiger partial charge in [-0.15, -0.1) is 0 Å². The fourth-order valence-corrected chi connectivity index (χ4v) is 1.75. The van der Waals surface area contributed by atoms with E-state index in [4.69, 9.17) is 23.3 Å². The topological polar surface area (TPSA) is 81.6 Å². The molecule has 1 aromatic rings. The van der Waals surface area contributed by atoms with E-state index in [1.165, 1.54) is 5.01 Å². The molecular weight excluding hydrogens is 242 g/mol. The van der Waals surface area contributed by atoms with Crippen LogP contribution in [0.25, 0.3) is 0 Å². The number of halogens is 1. The molecule has 0 amide bonds. The van der Waals surface area contributed by atoms with E-state index in [0.29, 0.717) is 11.6 Å². The quantitative estimate of drug-likeness (QED) is 0.608. The number of hydrogen-bond donors (Lipinski definition) is 2. The zero-order valence-electron chi connectivity index (χ0n) is 9.60. The van der Waals surface area contributed by atoms with E-state index >= 15 is 0 Å². The lowest BCUT2D eigenvalue weighted by molar-refractivity contribution is -0.144. The summed E-state index contributed by atoms with van der Waals surface area (Å²) in [4.78, 5) is 15.4. The van der Waals surface area contributed by atoms with Crippen molar-refractivity contribution in [1.29, 1.82) is 0 Å². The predicted octanol–water partition coefficient (Wildman–Crippen LogP) is 1.04. The van der Waals surface area contributed by atoms with Gasteiger partial charge in [0.25, 0.3) is 0 Å². The third-order valence-corrected chi connectivity index (χ3v) is 2.65. The minimum absolute atomic E-state index is 0.0710. The second-order valence-electron chi connectivity index (χ2n) is 3.88. The minimum Gasteiger partial charge on any atom is -0.373 e. The van der Waals surface area contributed by atoms with Gasteiger partial charge in [-0.3, -0.25) is 10.6 Å². The smallest absolute Gasteiger partial charge is 0.325 e. The van der Waals surface area contributed by atoms with Crippen molar-refractivity contribution in [1.82, 2.24) is 5.01 Å². The van der Waals surface area contributed by atoms with Crippen LogP contribution >= 0.6 is 11.6 Å². The van der Waals surface area contributed by atoms with Gasteiger partial charge in [0.2, 0.25) is 0 Å². The van der Waals surface area contributed by atoms with E-state index in [9.17, 15) is 4.79 Å². The summed E-state index contributed by atoms with van der Waals surface area (Å²) < 4.78 is 0. The highest BCUT2D eigenvalue weighted by Crippen LogP contribution is 2.22. The molecule has 0 radical (unpaired) electrons. The molecule has 1 unspecified atom stereocenters. The number of carbonyl (C=O) groups is 1. The van der Waals surface area contributed by atoms with E-state index in [1.807, 2.05) is 12.1 Å². The Labute approximate surface area is 105 Å². The van der Waals surface area contributed by atoms with Crippen molar-refractivity contribution in [3.8, 4) is 0 Å².